The molecule has 6 heteroatoms. The first-order valence-electron chi connectivity index (χ1n) is 5.96. The van der Waals surface area contributed by atoms with Gasteiger partial charge in [-0.3, -0.25) is 0 Å². The first-order chi connectivity index (χ1) is 8.36. The molecule has 0 bridgehead atoms. The summed E-state index contributed by atoms with van der Waals surface area (Å²) < 4.78 is 38.2. The Morgan fingerprint density at radius 2 is 1.83 bits per heavy atom. The fourth-order valence-electron chi connectivity index (χ4n) is 1.39. The van der Waals surface area contributed by atoms with Crippen molar-refractivity contribution in [3.05, 3.63) is 17.7 Å². The summed E-state index contributed by atoms with van der Waals surface area (Å²) in [7, 11) is 0. The van der Waals surface area contributed by atoms with Gasteiger partial charge in [0.05, 0.1) is 5.56 Å². The Morgan fingerprint density at radius 3 is 2.33 bits per heavy atom. The lowest BCUT2D eigenvalue weighted by Crippen LogP contribution is -2.16. The molecular formula is C12H18F3N3. The molecule has 0 aliphatic heterocycles. The van der Waals surface area contributed by atoms with E-state index in [9.17, 15) is 13.2 Å². The van der Waals surface area contributed by atoms with Crippen molar-refractivity contribution >= 4 is 11.6 Å². The van der Waals surface area contributed by atoms with E-state index in [4.69, 9.17) is 0 Å². The number of alkyl halides is 3. The summed E-state index contributed by atoms with van der Waals surface area (Å²) in [5, 5.41) is 5.75. The zero-order valence-corrected chi connectivity index (χ0v) is 10.7. The van der Waals surface area contributed by atoms with E-state index in [1.165, 1.54) is 0 Å². The molecule has 1 unspecified atom stereocenters. The molecule has 1 aromatic rings. The van der Waals surface area contributed by atoms with Gasteiger partial charge in [-0.2, -0.15) is 13.2 Å². The highest BCUT2D eigenvalue weighted by Gasteiger charge is 2.31. The number of halogens is 3. The van der Waals surface area contributed by atoms with Crippen LogP contribution in [-0.4, -0.2) is 17.6 Å². The number of hydrogen-bond acceptors (Lipinski definition) is 3. The van der Waals surface area contributed by atoms with Crippen LogP contribution in [0.25, 0.3) is 0 Å². The number of aromatic nitrogens is 1. The third-order valence-corrected chi connectivity index (χ3v) is 2.52. The lowest BCUT2D eigenvalue weighted by atomic mass is 10.2. The summed E-state index contributed by atoms with van der Waals surface area (Å²) in [5.41, 5.74) is -0.695. The van der Waals surface area contributed by atoms with Crippen LogP contribution in [0.3, 0.4) is 0 Å². The van der Waals surface area contributed by atoms with Crippen molar-refractivity contribution in [3.8, 4) is 0 Å². The molecule has 18 heavy (non-hydrogen) atoms. The molecule has 0 aromatic carbocycles. The molecule has 1 heterocycles. The predicted molar refractivity (Wildman–Crippen MR) is 66.8 cm³/mol. The summed E-state index contributed by atoms with van der Waals surface area (Å²) in [6.45, 7) is 6.19. The molecule has 1 atom stereocenters. The van der Waals surface area contributed by atoms with Crippen LogP contribution in [0.4, 0.5) is 24.8 Å². The maximum absolute atomic E-state index is 12.7. The Labute approximate surface area is 105 Å². The van der Waals surface area contributed by atoms with Crippen LogP contribution in [0.5, 0.6) is 0 Å². The fraction of sp³-hybridized carbons (Fsp3) is 0.583. The standard InChI is InChI=1S/C12H18F3N3/c1-4-8(3)17-11-7-9(12(13,14)15)6-10(18-11)16-5-2/h6-8H,4-5H2,1-3H3,(H2,16,17,18). The van der Waals surface area contributed by atoms with Gasteiger partial charge in [0.2, 0.25) is 0 Å². The van der Waals surface area contributed by atoms with Gasteiger partial charge in [0.15, 0.2) is 0 Å². The molecule has 0 amide bonds. The van der Waals surface area contributed by atoms with E-state index >= 15 is 0 Å². The maximum atomic E-state index is 12.7. The largest absolute Gasteiger partial charge is 0.416 e. The van der Waals surface area contributed by atoms with Gasteiger partial charge < -0.3 is 10.6 Å². The average molecular weight is 261 g/mol. The first kappa shape index (κ1) is 14.6. The highest BCUT2D eigenvalue weighted by Crippen LogP contribution is 2.32. The quantitative estimate of drug-likeness (QED) is 0.847. The predicted octanol–water partition coefficient (Wildman–Crippen LogP) is 3.74. The number of anilines is 2. The Balaban J connectivity index is 3.06. The number of pyridine rings is 1. The fourth-order valence-corrected chi connectivity index (χ4v) is 1.39. The molecule has 1 aromatic heterocycles. The van der Waals surface area contributed by atoms with Crippen molar-refractivity contribution in [2.45, 2.75) is 39.4 Å². The molecule has 0 aliphatic carbocycles. The lowest BCUT2D eigenvalue weighted by Gasteiger charge is -2.16. The van der Waals surface area contributed by atoms with Crippen molar-refractivity contribution < 1.29 is 13.2 Å². The number of nitrogens with zero attached hydrogens (tertiary/aromatic N) is 1. The molecule has 0 saturated carbocycles. The van der Waals surface area contributed by atoms with Crippen LogP contribution < -0.4 is 10.6 Å². The highest BCUT2D eigenvalue weighted by molar-refractivity contribution is 5.50. The average Bonchev–Trinajstić information content (AvgIpc) is 2.27. The van der Waals surface area contributed by atoms with Gasteiger partial charge in [-0.25, -0.2) is 4.98 Å². The second-order valence-electron chi connectivity index (χ2n) is 4.11. The van der Waals surface area contributed by atoms with Crippen molar-refractivity contribution in [2.24, 2.45) is 0 Å². The van der Waals surface area contributed by atoms with E-state index in [1.54, 1.807) is 0 Å². The van der Waals surface area contributed by atoms with Gasteiger partial charge in [-0.05, 0) is 32.4 Å². The second-order valence-corrected chi connectivity index (χ2v) is 4.11. The van der Waals surface area contributed by atoms with Gasteiger partial charge >= 0.3 is 6.18 Å². The molecule has 0 spiro atoms. The number of rotatable bonds is 5. The Morgan fingerprint density at radius 1 is 1.22 bits per heavy atom. The Bertz CT molecular complexity index is 391. The first-order valence-corrected chi connectivity index (χ1v) is 5.96. The van der Waals surface area contributed by atoms with E-state index in [1.807, 2.05) is 20.8 Å². The molecule has 2 N–H and O–H groups in total. The molecule has 102 valence electrons. The van der Waals surface area contributed by atoms with Crippen LogP contribution in [0.2, 0.25) is 0 Å². The third-order valence-electron chi connectivity index (χ3n) is 2.52. The van der Waals surface area contributed by atoms with E-state index in [0.717, 1.165) is 18.6 Å². The molecule has 0 fully saturated rings. The van der Waals surface area contributed by atoms with E-state index in [0.29, 0.717) is 6.54 Å². The lowest BCUT2D eigenvalue weighted by molar-refractivity contribution is -0.137. The minimum absolute atomic E-state index is 0.0791. The summed E-state index contributed by atoms with van der Waals surface area (Å²) in [6.07, 6.45) is -3.55. The minimum Gasteiger partial charge on any atom is -0.370 e. The van der Waals surface area contributed by atoms with Crippen molar-refractivity contribution in [1.29, 1.82) is 0 Å². The van der Waals surface area contributed by atoms with E-state index in [2.05, 4.69) is 15.6 Å². The number of hydrogen-bond donors (Lipinski definition) is 2. The van der Waals surface area contributed by atoms with Crippen LogP contribution >= 0.6 is 0 Å². The second kappa shape index (κ2) is 5.93. The van der Waals surface area contributed by atoms with Crippen LogP contribution in [0.1, 0.15) is 32.8 Å². The van der Waals surface area contributed by atoms with Crippen LogP contribution in [0, 0.1) is 0 Å². The van der Waals surface area contributed by atoms with Crippen molar-refractivity contribution in [1.82, 2.24) is 4.98 Å². The summed E-state index contributed by atoms with van der Waals surface area (Å²) in [4.78, 5) is 4.10. The van der Waals surface area contributed by atoms with Gasteiger partial charge in [0.1, 0.15) is 11.6 Å². The smallest absolute Gasteiger partial charge is 0.370 e. The molecular weight excluding hydrogens is 243 g/mol. The van der Waals surface area contributed by atoms with E-state index < -0.39 is 11.7 Å². The zero-order valence-electron chi connectivity index (χ0n) is 10.7. The van der Waals surface area contributed by atoms with Gasteiger partial charge in [-0.1, -0.05) is 6.92 Å². The summed E-state index contributed by atoms with van der Waals surface area (Å²) >= 11 is 0. The van der Waals surface area contributed by atoms with Crippen LogP contribution in [0.15, 0.2) is 12.1 Å². The zero-order chi connectivity index (χ0) is 13.8. The summed E-state index contributed by atoms with van der Waals surface area (Å²) in [6, 6.07) is 2.13. The highest BCUT2D eigenvalue weighted by atomic mass is 19.4. The monoisotopic (exact) mass is 261 g/mol. The normalized spacial score (nSPS) is 13.2. The Hall–Kier alpha value is -1.46. The molecule has 0 saturated heterocycles. The van der Waals surface area contributed by atoms with Crippen LogP contribution in [-0.2, 0) is 6.18 Å². The van der Waals surface area contributed by atoms with E-state index in [-0.39, 0.29) is 17.7 Å². The molecule has 0 radical (unpaired) electrons. The Kier molecular flexibility index (Phi) is 4.81. The minimum atomic E-state index is -4.36. The van der Waals surface area contributed by atoms with Gasteiger partial charge in [0, 0.05) is 12.6 Å². The van der Waals surface area contributed by atoms with Crippen molar-refractivity contribution in [2.75, 3.05) is 17.2 Å². The number of nitrogens with one attached hydrogen (secondary N) is 2. The maximum Gasteiger partial charge on any atom is 0.416 e. The van der Waals surface area contributed by atoms with Crippen molar-refractivity contribution in [3.63, 3.8) is 0 Å². The van der Waals surface area contributed by atoms with Gasteiger partial charge in [-0.15, -0.1) is 0 Å². The third kappa shape index (κ3) is 4.09. The SMILES string of the molecule is CCNc1cc(C(F)(F)F)cc(NC(C)CC)n1. The topological polar surface area (TPSA) is 37.0 Å². The molecule has 1 rings (SSSR count). The molecule has 3 nitrogen and oxygen atoms in total. The molecule has 0 aliphatic rings. The van der Waals surface area contributed by atoms with Gasteiger partial charge in [0.25, 0.3) is 0 Å². The summed E-state index contributed by atoms with van der Waals surface area (Å²) in [5.74, 6) is 0.480.